The summed E-state index contributed by atoms with van der Waals surface area (Å²) in [5, 5.41) is 0.562. The molecule has 3 aromatic carbocycles. The van der Waals surface area contributed by atoms with E-state index in [0.29, 0.717) is 27.8 Å². The van der Waals surface area contributed by atoms with Gasteiger partial charge in [0.15, 0.2) is 12.4 Å². The summed E-state index contributed by atoms with van der Waals surface area (Å²) in [7, 11) is 0. The number of alkyl halides is 2. The fourth-order valence-electron chi connectivity index (χ4n) is 6.80. The molecule has 216 valence electrons. The lowest BCUT2D eigenvalue weighted by molar-refractivity contribution is -0.123. The van der Waals surface area contributed by atoms with E-state index in [1.807, 2.05) is 0 Å². The standard InChI is InChI=1S/C33H23Br2FN2O5/c34-29-22-13-23(30(29)35)28-27(22)31(40)38(32(28)41)19-11-7-16(8-12-19)25-14-21(20-3-1-2-4-24(20)37-25)33(42)43-15-26(39)17-5-9-18(36)10-6-17/h1-12,14,22-23,27-30H,13,15H2. The number of ketones is 1. The molecule has 7 nitrogen and oxygen atoms in total. The number of para-hydroxylation sites is 1. The van der Waals surface area contributed by atoms with E-state index in [-0.39, 0.29) is 56.3 Å². The number of imide groups is 1. The molecule has 2 amide bonds. The molecule has 2 bridgehead atoms. The first-order valence-corrected chi connectivity index (χ1v) is 15.7. The third-order valence-corrected chi connectivity index (χ3v) is 12.1. The quantitative estimate of drug-likeness (QED) is 0.100. The first-order valence-electron chi connectivity index (χ1n) is 13.8. The second kappa shape index (κ2) is 10.7. The molecule has 0 radical (unpaired) electrons. The molecule has 2 aliphatic carbocycles. The van der Waals surface area contributed by atoms with Gasteiger partial charge in [-0.15, -0.1) is 0 Å². The van der Waals surface area contributed by atoms with E-state index >= 15 is 0 Å². The number of ether oxygens (including phenoxy) is 1. The number of carbonyl (C=O) groups excluding carboxylic acids is 4. The van der Waals surface area contributed by atoms with Crippen molar-refractivity contribution in [3.63, 3.8) is 0 Å². The second-order valence-electron chi connectivity index (χ2n) is 11.1. The number of nitrogens with zero attached hydrogens (tertiary/aromatic N) is 2. The molecule has 6 atom stereocenters. The molecule has 3 aliphatic rings. The van der Waals surface area contributed by atoms with E-state index in [2.05, 4.69) is 31.9 Å². The van der Waals surface area contributed by atoms with Crippen LogP contribution in [0.2, 0.25) is 0 Å². The highest BCUT2D eigenvalue weighted by Gasteiger charge is 2.66. The van der Waals surface area contributed by atoms with Crippen LogP contribution in [0, 0.1) is 29.5 Å². The number of pyridine rings is 1. The largest absolute Gasteiger partial charge is 0.454 e. The number of aromatic nitrogens is 1. The van der Waals surface area contributed by atoms with Gasteiger partial charge in [0.2, 0.25) is 11.8 Å². The zero-order chi connectivity index (χ0) is 30.0. The molecule has 6 unspecified atom stereocenters. The van der Waals surface area contributed by atoms with E-state index in [9.17, 15) is 23.6 Å². The van der Waals surface area contributed by atoms with Crippen molar-refractivity contribution in [2.45, 2.75) is 16.1 Å². The minimum absolute atomic E-state index is 0.131. The Morgan fingerprint density at radius 3 is 2.16 bits per heavy atom. The molecule has 2 heterocycles. The van der Waals surface area contributed by atoms with Crippen molar-refractivity contribution in [1.82, 2.24) is 4.98 Å². The van der Waals surface area contributed by atoms with Gasteiger partial charge < -0.3 is 4.74 Å². The second-order valence-corrected chi connectivity index (χ2v) is 13.3. The monoisotopic (exact) mass is 704 g/mol. The Balaban J connectivity index is 1.14. The lowest BCUT2D eigenvalue weighted by atomic mass is 9.81. The van der Waals surface area contributed by atoms with Crippen molar-refractivity contribution < 1.29 is 28.3 Å². The summed E-state index contributed by atoms with van der Waals surface area (Å²) in [5.74, 6) is -2.27. The fraction of sp³-hybridized carbons (Fsp3) is 0.242. The van der Waals surface area contributed by atoms with Crippen LogP contribution in [0.25, 0.3) is 22.2 Å². The number of amides is 2. The predicted octanol–water partition coefficient (Wildman–Crippen LogP) is 6.36. The number of benzene rings is 3. The van der Waals surface area contributed by atoms with Gasteiger partial charge in [0.05, 0.1) is 34.3 Å². The number of hydrogen-bond acceptors (Lipinski definition) is 6. The number of anilines is 1. The number of carbonyl (C=O) groups is 4. The molecule has 10 heteroatoms. The van der Waals surface area contributed by atoms with E-state index < -0.39 is 24.2 Å². The molecule has 1 saturated heterocycles. The van der Waals surface area contributed by atoms with E-state index in [1.54, 1.807) is 54.6 Å². The van der Waals surface area contributed by atoms with Gasteiger partial charge in [0.1, 0.15) is 5.82 Å². The van der Waals surface area contributed by atoms with Crippen molar-refractivity contribution in [3.05, 3.63) is 95.8 Å². The minimum atomic E-state index is -0.698. The molecular formula is C33H23Br2FN2O5. The van der Waals surface area contributed by atoms with E-state index in [0.717, 1.165) is 6.42 Å². The lowest BCUT2D eigenvalue weighted by Crippen LogP contribution is -2.37. The minimum Gasteiger partial charge on any atom is -0.454 e. The normalized spacial score (nSPS) is 25.8. The van der Waals surface area contributed by atoms with Crippen LogP contribution < -0.4 is 4.90 Å². The molecule has 3 fully saturated rings. The first-order chi connectivity index (χ1) is 20.7. The number of halogens is 3. The van der Waals surface area contributed by atoms with Crippen LogP contribution >= 0.6 is 31.9 Å². The maximum absolute atomic E-state index is 13.4. The van der Waals surface area contributed by atoms with Gasteiger partial charge in [-0.25, -0.2) is 14.2 Å². The highest BCUT2D eigenvalue weighted by Crippen LogP contribution is 2.60. The van der Waals surface area contributed by atoms with Crippen molar-refractivity contribution in [2.24, 2.45) is 23.7 Å². The van der Waals surface area contributed by atoms with Gasteiger partial charge in [-0.1, -0.05) is 62.2 Å². The number of fused-ring (bicyclic) bond motifs is 6. The van der Waals surface area contributed by atoms with Crippen LogP contribution in [0.4, 0.5) is 10.1 Å². The van der Waals surface area contributed by atoms with Gasteiger partial charge in [0, 0.05) is 26.2 Å². The number of esters is 1. The molecule has 0 N–H and O–H groups in total. The highest BCUT2D eigenvalue weighted by molar-refractivity contribution is 9.12. The van der Waals surface area contributed by atoms with Crippen molar-refractivity contribution in [1.29, 1.82) is 0 Å². The average molecular weight is 706 g/mol. The zero-order valence-electron chi connectivity index (χ0n) is 22.5. The van der Waals surface area contributed by atoms with Crippen LogP contribution in [0.5, 0.6) is 0 Å². The van der Waals surface area contributed by atoms with Gasteiger partial charge in [-0.2, -0.15) is 0 Å². The summed E-state index contributed by atoms with van der Waals surface area (Å²) in [6.07, 6.45) is 0.865. The third-order valence-electron chi connectivity index (χ3n) is 8.85. The molecular weight excluding hydrogens is 683 g/mol. The van der Waals surface area contributed by atoms with E-state index in [4.69, 9.17) is 9.72 Å². The number of rotatable bonds is 6. The summed E-state index contributed by atoms with van der Waals surface area (Å²) >= 11 is 7.44. The smallest absolute Gasteiger partial charge is 0.339 e. The Kier molecular flexibility index (Phi) is 7.01. The maximum Gasteiger partial charge on any atom is 0.339 e. The Hall–Kier alpha value is -3.76. The topological polar surface area (TPSA) is 93.6 Å². The molecule has 7 rings (SSSR count). The van der Waals surface area contributed by atoms with Crippen molar-refractivity contribution in [3.8, 4) is 11.3 Å². The summed E-state index contributed by atoms with van der Waals surface area (Å²) in [5.41, 5.74) is 2.69. The first kappa shape index (κ1) is 28.0. The van der Waals surface area contributed by atoms with Gasteiger partial charge in [0.25, 0.3) is 0 Å². The summed E-state index contributed by atoms with van der Waals surface area (Å²) in [6.45, 7) is -0.502. The predicted molar refractivity (Wildman–Crippen MR) is 165 cm³/mol. The number of hydrogen-bond donors (Lipinski definition) is 0. The maximum atomic E-state index is 13.4. The molecule has 4 aromatic rings. The third kappa shape index (κ3) is 4.62. The van der Waals surface area contributed by atoms with Crippen LogP contribution in [-0.2, 0) is 14.3 Å². The van der Waals surface area contributed by atoms with E-state index in [1.165, 1.54) is 29.2 Å². The Labute approximate surface area is 262 Å². The summed E-state index contributed by atoms with van der Waals surface area (Å²) < 4.78 is 18.6. The van der Waals surface area contributed by atoms with Crippen molar-refractivity contribution in [2.75, 3.05) is 11.5 Å². The van der Waals surface area contributed by atoms with Crippen LogP contribution in [-0.4, -0.2) is 44.8 Å². The van der Waals surface area contributed by atoms with Crippen molar-refractivity contribution >= 4 is 72.0 Å². The highest BCUT2D eigenvalue weighted by atomic mass is 79.9. The number of Topliss-reactive ketones (excluding diaryl/α,β-unsaturated/α-hetero) is 1. The molecule has 2 saturated carbocycles. The summed E-state index contributed by atoms with van der Waals surface area (Å²) in [4.78, 5) is 58.9. The Morgan fingerprint density at radius 1 is 0.884 bits per heavy atom. The Morgan fingerprint density at radius 2 is 1.51 bits per heavy atom. The molecule has 0 spiro atoms. The van der Waals surface area contributed by atoms with Gasteiger partial charge in [-0.3, -0.25) is 19.3 Å². The van der Waals surface area contributed by atoms with Gasteiger partial charge in [-0.05, 0) is 66.8 Å². The SMILES string of the molecule is O=C(COC(=O)c1cc(-c2ccc(N3C(=O)C4C5CC(C(Br)C5Br)C4C3=O)cc2)nc2ccccc12)c1ccc(F)cc1. The molecule has 1 aliphatic heterocycles. The Bertz CT molecular complexity index is 1780. The van der Waals surface area contributed by atoms with Crippen LogP contribution in [0.1, 0.15) is 27.1 Å². The molecule has 1 aromatic heterocycles. The lowest BCUT2D eigenvalue weighted by Gasteiger charge is -2.28. The van der Waals surface area contributed by atoms with Crippen LogP contribution in [0.3, 0.4) is 0 Å². The molecule has 43 heavy (non-hydrogen) atoms. The summed E-state index contributed by atoms with van der Waals surface area (Å²) in [6, 6.07) is 20.7. The average Bonchev–Trinajstić information content (AvgIpc) is 3.64. The fourth-order valence-corrected chi connectivity index (χ4v) is 8.68. The van der Waals surface area contributed by atoms with Gasteiger partial charge >= 0.3 is 5.97 Å². The van der Waals surface area contributed by atoms with Crippen LogP contribution in [0.15, 0.2) is 78.9 Å². The zero-order valence-corrected chi connectivity index (χ0v) is 25.6.